The van der Waals surface area contributed by atoms with Gasteiger partial charge in [-0.25, -0.2) is 0 Å². The van der Waals surface area contributed by atoms with Crippen LogP contribution in [0.2, 0.25) is 0 Å². The Bertz CT molecular complexity index is 353. The Balaban J connectivity index is 1.66. The molecule has 3 heteroatoms. The van der Waals surface area contributed by atoms with Gasteiger partial charge in [-0.05, 0) is 64.9 Å². The fraction of sp³-hybridized carbons (Fsp3) is 0.733. The zero-order valence-electron chi connectivity index (χ0n) is 12.0. The van der Waals surface area contributed by atoms with Gasteiger partial charge >= 0.3 is 0 Å². The monoisotopic (exact) mass is 266 g/mol. The molecular weight excluding hydrogens is 240 g/mol. The number of nitrogens with one attached hydrogen (secondary N) is 1. The Morgan fingerprint density at radius 3 is 2.89 bits per heavy atom. The predicted octanol–water partition coefficient (Wildman–Crippen LogP) is 3.33. The molecule has 1 N–H and O–H groups in total. The Morgan fingerprint density at radius 2 is 2.22 bits per heavy atom. The molecular formula is C15H26N2S. The number of nitrogens with zero attached hydrogens (tertiary/aromatic N) is 1. The highest BCUT2D eigenvalue weighted by Crippen LogP contribution is 2.20. The Kier molecular flexibility index (Phi) is 5.22. The second-order valence-corrected chi connectivity index (χ2v) is 6.89. The summed E-state index contributed by atoms with van der Waals surface area (Å²) in [6.07, 6.45) is 5.47. The SMILES string of the molecule is Cc1cc(CNCCC2CCCCN2C)sc1C. The summed E-state index contributed by atoms with van der Waals surface area (Å²) in [6, 6.07) is 3.12. The summed E-state index contributed by atoms with van der Waals surface area (Å²) in [5.74, 6) is 0. The Labute approximate surface area is 115 Å². The largest absolute Gasteiger partial charge is 0.312 e. The lowest BCUT2D eigenvalue weighted by Crippen LogP contribution is -2.38. The van der Waals surface area contributed by atoms with Crippen LogP contribution < -0.4 is 5.32 Å². The maximum atomic E-state index is 3.59. The molecule has 1 aliphatic rings. The van der Waals surface area contributed by atoms with E-state index in [-0.39, 0.29) is 0 Å². The van der Waals surface area contributed by atoms with E-state index in [0.29, 0.717) is 0 Å². The Morgan fingerprint density at radius 1 is 1.39 bits per heavy atom. The smallest absolute Gasteiger partial charge is 0.0299 e. The lowest BCUT2D eigenvalue weighted by atomic mass is 10.0. The van der Waals surface area contributed by atoms with Crippen LogP contribution in [0.5, 0.6) is 0 Å². The molecule has 1 fully saturated rings. The van der Waals surface area contributed by atoms with Crippen molar-refractivity contribution in [2.24, 2.45) is 0 Å². The van der Waals surface area contributed by atoms with Gasteiger partial charge in [0, 0.05) is 22.3 Å². The zero-order chi connectivity index (χ0) is 13.0. The van der Waals surface area contributed by atoms with Crippen LogP contribution in [-0.4, -0.2) is 31.1 Å². The van der Waals surface area contributed by atoms with E-state index in [9.17, 15) is 0 Å². The maximum absolute atomic E-state index is 3.59. The van der Waals surface area contributed by atoms with Crippen molar-refractivity contribution >= 4 is 11.3 Å². The quantitative estimate of drug-likeness (QED) is 0.822. The molecule has 2 nitrogen and oxygen atoms in total. The topological polar surface area (TPSA) is 15.3 Å². The number of piperidine rings is 1. The first-order valence-electron chi connectivity index (χ1n) is 7.13. The van der Waals surface area contributed by atoms with Crippen LogP contribution in [0.15, 0.2) is 6.07 Å². The van der Waals surface area contributed by atoms with Gasteiger partial charge in [0.2, 0.25) is 0 Å². The minimum atomic E-state index is 0.804. The van der Waals surface area contributed by atoms with Gasteiger partial charge in [-0.2, -0.15) is 0 Å². The van der Waals surface area contributed by atoms with Crippen molar-refractivity contribution in [2.45, 2.75) is 52.1 Å². The molecule has 0 spiro atoms. The number of hydrogen-bond acceptors (Lipinski definition) is 3. The first-order chi connectivity index (χ1) is 8.66. The lowest BCUT2D eigenvalue weighted by Gasteiger charge is -2.32. The molecule has 0 aliphatic carbocycles. The summed E-state index contributed by atoms with van der Waals surface area (Å²) >= 11 is 1.93. The van der Waals surface area contributed by atoms with E-state index in [1.165, 1.54) is 47.5 Å². The van der Waals surface area contributed by atoms with E-state index in [1.807, 2.05) is 11.3 Å². The van der Waals surface area contributed by atoms with Crippen LogP contribution >= 0.6 is 11.3 Å². The second kappa shape index (κ2) is 6.69. The number of hydrogen-bond donors (Lipinski definition) is 1. The van der Waals surface area contributed by atoms with Gasteiger partial charge in [0.15, 0.2) is 0 Å². The van der Waals surface area contributed by atoms with Crippen molar-refractivity contribution < 1.29 is 0 Å². The number of likely N-dealkylation sites (tertiary alicyclic amines) is 1. The van der Waals surface area contributed by atoms with Crippen molar-refractivity contribution in [3.63, 3.8) is 0 Å². The van der Waals surface area contributed by atoms with E-state index < -0.39 is 0 Å². The average molecular weight is 266 g/mol. The summed E-state index contributed by atoms with van der Waals surface area (Å²) in [5.41, 5.74) is 1.43. The number of rotatable bonds is 5. The highest BCUT2D eigenvalue weighted by molar-refractivity contribution is 7.12. The standard InChI is InChI=1S/C15H26N2S/c1-12-10-15(18-13(12)2)11-16-8-7-14-6-4-5-9-17(14)3/h10,14,16H,4-9,11H2,1-3H3. The van der Waals surface area contributed by atoms with Crippen molar-refractivity contribution in [1.29, 1.82) is 0 Å². The molecule has 1 aliphatic heterocycles. The first-order valence-corrected chi connectivity index (χ1v) is 7.95. The normalized spacial score (nSPS) is 21.4. The molecule has 1 aromatic rings. The van der Waals surface area contributed by atoms with Crippen molar-refractivity contribution in [2.75, 3.05) is 20.1 Å². The molecule has 2 heterocycles. The molecule has 0 bridgehead atoms. The third-order valence-corrected chi connectivity index (χ3v) is 5.24. The Hall–Kier alpha value is -0.380. The summed E-state index contributed by atoms with van der Waals surface area (Å²) in [4.78, 5) is 5.46. The zero-order valence-corrected chi connectivity index (χ0v) is 12.8. The van der Waals surface area contributed by atoms with Gasteiger partial charge in [-0.3, -0.25) is 0 Å². The average Bonchev–Trinajstić information content (AvgIpc) is 2.66. The van der Waals surface area contributed by atoms with Gasteiger partial charge in [-0.1, -0.05) is 6.42 Å². The van der Waals surface area contributed by atoms with Gasteiger partial charge in [-0.15, -0.1) is 11.3 Å². The van der Waals surface area contributed by atoms with Crippen molar-refractivity contribution in [3.8, 4) is 0 Å². The van der Waals surface area contributed by atoms with Crippen molar-refractivity contribution in [1.82, 2.24) is 10.2 Å². The minimum Gasteiger partial charge on any atom is -0.312 e. The third kappa shape index (κ3) is 3.81. The molecule has 0 radical (unpaired) electrons. The van der Waals surface area contributed by atoms with E-state index in [1.54, 1.807) is 0 Å². The van der Waals surface area contributed by atoms with Gasteiger partial charge < -0.3 is 10.2 Å². The highest BCUT2D eigenvalue weighted by Gasteiger charge is 2.17. The van der Waals surface area contributed by atoms with Crippen LogP contribution in [0, 0.1) is 13.8 Å². The van der Waals surface area contributed by atoms with E-state index >= 15 is 0 Å². The maximum Gasteiger partial charge on any atom is 0.0299 e. The molecule has 0 aromatic carbocycles. The molecule has 102 valence electrons. The van der Waals surface area contributed by atoms with E-state index in [0.717, 1.165) is 19.1 Å². The van der Waals surface area contributed by atoms with E-state index in [2.05, 4.69) is 37.2 Å². The van der Waals surface area contributed by atoms with E-state index in [4.69, 9.17) is 0 Å². The minimum absolute atomic E-state index is 0.804. The summed E-state index contributed by atoms with van der Waals surface area (Å²) in [6.45, 7) is 7.88. The molecule has 1 saturated heterocycles. The second-order valence-electron chi connectivity index (χ2n) is 5.55. The fourth-order valence-corrected chi connectivity index (χ4v) is 3.75. The third-order valence-electron chi connectivity index (χ3n) is 4.09. The molecule has 0 saturated carbocycles. The molecule has 1 aromatic heterocycles. The summed E-state index contributed by atoms with van der Waals surface area (Å²) in [7, 11) is 2.27. The van der Waals surface area contributed by atoms with Crippen LogP contribution in [0.4, 0.5) is 0 Å². The van der Waals surface area contributed by atoms with Gasteiger partial charge in [0.1, 0.15) is 0 Å². The molecule has 18 heavy (non-hydrogen) atoms. The summed E-state index contributed by atoms with van der Waals surface area (Å²) < 4.78 is 0. The molecule has 2 rings (SSSR count). The molecule has 1 atom stereocenters. The number of thiophene rings is 1. The molecule has 1 unspecified atom stereocenters. The highest BCUT2D eigenvalue weighted by atomic mass is 32.1. The van der Waals surface area contributed by atoms with Gasteiger partial charge in [0.05, 0.1) is 0 Å². The fourth-order valence-electron chi connectivity index (χ4n) is 2.73. The molecule has 0 amide bonds. The van der Waals surface area contributed by atoms with Crippen LogP contribution in [-0.2, 0) is 6.54 Å². The summed E-state index contributed by atoms with van der Waals surface area (Å²) in [5, 5.41) is 3.59. The van der Waals surface area contributed by atoms with Crippen LogP contribution in [0.3, 0.4) is 0 Å². The number of aryl methyl sites for hydroxylation is 2. The van der Waals surface area contributed by atoms with Crippen molar-refractivity contribution in [3.05, 3.63) is 21.4 Å². The van der Waals surface area contributed by atoms with Crippen LogP contribution in [0.1, 0.15) is 41.0 Å². The first kappa shape index (κ1) is 14.0. The van der Waals surface area contributed by atoms with Crippen LogP contribution in [0.25, 0.3) is 0 Å². The lowest BCUT2D eigenvalue weighted by molar-refractivity contribution is 0.175. The van der Waals surface area contributed by atoms with Gasteiger partial charge in [0.25, 0.3) is 0 Å². The predicted molar refractivity (Wildman–Crippen MR) is 80.4 cm³/mol.